The summed E-state index contributed by atoms with van der Waals surface area (Å²) in [6, 6.07) is 23.2. The lowest BCUT2D eigenvalue weighted by Gasteiger charge is -2.08. The summed E-state index contributed by atoms with van der Waals surface area (Å²) >= 11 is 0. The zero-order valence-corrected chi connectivity index (χ0v) is 18.9. The average molecular weight is 474 g/mol. The molecule has 0 aliphatic carbocycles. The minimum atomic E-state index is 0.141. The van der Waals surface area contributed by atoms with Gasteiger partial charge in [0.15, 0.2) is 35.6 Å². The zero-order chi connectivity index (χ0) is 24.2. The second-order valence-corrected chi connectivity index (χ2v) is 8.80. The molecule has 0 spiro atoms. The van der Waals surface area contributed by atoms with Crippen molar-refractivity contribution in [1.29, 1.82) is 0 Å². The fourth-order valence-electron chi connectivity index (χ4n) is 4.93. The van der Waals surface area contributed by atoms with Crippen LogP contribution < -0.4 is 18.9 Å². The van der Waals surface area contributed by atoms with Crippen molar-refractivity contribution in [2.45, 2.75) is 0 Å². The van der Waals surface area contributed by atoms with Crippen LogP contribution in [0.15, 0.2) is 72.8 Å². The fraction of sp³-hybridized carbons (Fsp3) is 0.0667. The van der Waals surface area contributed by atoms with Crippen LogP contribution in [0.5, 0.6) is 23.0 Å². The summed E-state index contributed by atoms with van der Waals surface area (Å²) in [5.74, 6) is 2.67. The highest BCUT2D eigenvalue weighted by atomic mass is 16.7. The third kappa shape index (κ3) is 3.19. The van der Waals surface area contributed by atoms with Crippen molar-refractivity contribution >= 4 is 55.7 Å². The highest BCUT2D eigenvalue weighted by molar-refractivity contribution is 6.12. The van der Waals surface area contributed by atoms with E-state index in [9.17, 15) is 9.59 Å². The Morgan fingerprint density at radius 3 is 1.14 bits per heavy atom. The van der Waals surface area contributed by atoms with Gasteiger partial charge in [-0.05, 0) is 91.6 Å². The number of hydrogen-bond donors (Lipinski definition) is 0. The molecular weight excluding hydrogens is 456 g/mol. The van der Waals surface area contributed by atoms with Crippen molar-refractivity contribution in [2.75, 3.05) is 13.6 Å². The van der Waals surface area contributed by atoms with Gasteiger partial charge in [-0.15, -0.1) is 0 Å². The van der Waals surface area contributed by atoms with Crippen LogP contribution in [0.1, 0.15) is 20.7 Å². The Labute approximate surface area is 204 Å². The van der Waals surface area contributed by atoms with Crippen molar-refractivity contribution < 1.29 is 28.5 Å². The summed E-state index contributed by atoms with van der Waals surface area (Å²) in [4.78, 5) is 24.6. The molecule has 0 aromatic heterocycles. The maximum atomic E-state index is 12.3. The van der Waals surface area contributed by atoms with Gasteiger partial charge in [-0.2, -0.15) is 0 Å². The number of ether oxygens (including phenoxy) is 4. The van der Waals surface area contributed by atoms with Crippen LogP contribution >= 0.6 is 0 Å². The molecule has 6 nitrogen and oxygen atoms in total. The van der Waals surface area contributed by atoms with Crippen molar-refractivity contribution in [3.63, 3.8) is 0 Å². The van der Waals surface area contributed by atoms with Gasteiger partial charge in [0.05, 0.1) is 0 Å². The van der Waals surface area contributed by atoms with Crippen LogP contribution in [0.4, 0.5) is 0 Å². The Morgan fingerprint density at radius 2 is 0.778 bits per heavy atom. The van der Waals surface area contributed by atoms with Gasteiger partial charge in [-0.1, -0.05) is 24.3 Å². The van der Waals surface area contributed by atoms with Gasteiger partial charge in [0.1, 0.15) is 0 Å². The predicted octanol–water partition coefficient (Wildman–Crippen LogP) is 6.51. The molecule has 0 atom stereocenters. The predicted molar refractivity (Wildman–Crippen MR) is 137 cm³/mol. The summed E-state index contributed by atoms with van der Waals surface area (Å²) in [5, 5.41) is 6.78. The van der Waals surface area contributed by atoms with Crippen LogP contribution in [0.25, 0.3) is 43.1 Å². The van der Waals surface area contributed by atoms with E-state index in [1.807, 2.05) is 72.8 Å². The average Bonchev–Trinajstić information content (AvgIpc) is 3.53. The standard InChI is InChI=1S/C30H18O6/c31-13-23-5-21-11-29-30(36-16-35-29)12-22(21)6-24(14-32)26-8-18-2-4-20-10-28-27(33-15-34-28)9-19(20)3-1-17(18)7-25(23)26/h1-14H,15-16H2. The number of benzene rings is 3. The molecule has 174 valence electrons. The number of rotatable bonds is 2. The minimum Gasteiger partial charge on any atom is -0.454 e. The lowest BCUT2D eigenvalue weighted by molar-refractivity contribution is 0.111. The molecule has 36 heavy (non-hydrogen) atoms. The summed E-state index contributed by atoms with van der Waals surface area (Å²) < 4.78 is 22.1. The van der Waals surface area contributed by atoms with Gasteiger partial charge in [0.25, 0.3) is 0 Å². The van der Waals surface area contributed by atoms with Crippen molar-refractivity contribution in [2.24, 2.45) is 0 Å². The fourth-order valence-corrected chi connectivity index (χ4v) is 4.93. The highest BCUT2D eigenvalue weighted by Gasteiger charge is 2.16. The maximum absolute atomic E-state index is 12.3. The smallest absolute Gasteiger partial charge is 0.231 e. The van der Waals surface area contributed by atoms with E-state index in [2.05, 4.69) is 0 Å². The molecular formula is C30H18O6. The van der Waals surface area contributed by atoms with Crippen molar-refractivity contribution in [3.8, 4) is 23.0 Å². The summed E-state index contributed by atoms with van der Waals surface area (Å²) in [5.41, 5.74) is 0.951. The van der Waals surface area contributed by atoms with Crippen LogP contribution in [0.2, 0.25) is 0 Å². The first kappa shape index (κ1) is 20.5. The van der Waals surface area contributed by atoms with Crippen molar-refractivity contribution in [1.82, 2.24) is 0 Å². The van der Waals surface area contributed by atoms with Crippen molar-refractivity contribution in [3.05, 3.63) is 83.9 Å². The number of carbonyl (C=O) groups excluding carboxylic acids is 2. The van der Waals surface area contributed by atoms with E-state index >= 15 is 0 Å². The maximum Gasteiger partial charge on any atom is 0.231 e. The molecule has 5 aromatic rings. The molecule has 2 heterocycles. The SMILES string of the molecule is O=Cc1cc2cc3c(cc2cc(C=O)c2cc4ccc5cc6c(cc5ccc4cc12)OCO6)OCO3. The Balaban J connectivity index is 1.58. The lowest BCUT2D eigenvalue weighted by atomic mass is 9.96. The molecule has 0 saturated carbocycles. The molecule has 0 saturated heterocycles. The quantitative estimate of drug-likeness (QED) is 0.272. The molecule has 5 aromatic carbocycles. The van der Waals surface area contributed by atoms with Crippen LogP contribution in [0.3, 0.4) is 0 Å². The van der Waals surface area contributed by atoms with E-state index < -0.39 is 0 Å². The molecule has 0 radical (unpaired) electrons. The van der Waals surface area contributed by atoms with Gasteiger partial charge in [-0.25, -0.2) is 0 Å². The first-order valence-corrected chi connectivity index (χ1v) is 11.5. The van der Waals surface area contributed by atoms with E-state index in [1.165, 1.54) is 0 Å². The summed E-state index contributed by atoms with van der Waals surface area (Å²) in [7, 11) is 0. The first-order chi connectivity index (χ1) is 17.7. The summed E-state index contributed by atoms with van der Waals surface area (Å²) in [6.07, 6.45) is 1.65. The van der Waals surface area contributed by atoms with Gasteiger partial charge in [0.2, 0.25) is 13.6 Å². The third-order valence-corrected chi connectivity index (χ3v) is 6.76. The van der Waals surface area contributed by atoms with E-state index in [-0.39, 0.29) is 13.6 Å². The molecule has 0 bridgehead atoms. The van der Waals surface area contributed by atoms with Crippen LogP contribution in [-0.2, 0) is 0 Å². The van der Waals surface area contributed by atoms with E-state index in [0.717, 1.165) is 56.4 Å². The highest BCUT2D eigenvalue weighted by Crippen LogP contribution is 2.38. The number of carbonyl (C=O) groups is 2. The Kier molecular flexibility index (Phi) is 4.48. The molecule has 0 unspecified atom stereocenters. The first-order valence-electron chi connectivity index (χ1n) is 11.5. The number of fused-ring (bicyclic) bond motifs is 6. The van der Waals surface area contributed by atoms with Gasteiger partial charge >= 0.3 is 0 Å². The molecule has 6 heteroatoms. The Bertz CT molecular complexity index is 1710. The lowest BCUT2D eigenvalue weighted by Crippen LogP contribution is -1.92. The Morgan fingerprint density at radius 1 is 0.444 bits per heavy atom. The minimum absolute atomic E-state index is 0.141. The largest absolute Gasteiger partial charge is 0.454 e. The van der Waals surface area contributed by atoms with Crippen LogP contribution in [-0.4, -0.2) is 26.2 Å². The van der Waals surface area contributed by atoms with Gasteiger partial charge in [-0.3, -0.25) is 9.59 Å². The molecule has 2 aliphatic heterocycles. The topological polar surface area (TPSA) is 71.1 Å². The summed E-state index contributed by atoms with van der Waals surface area (Å²) in [6.45, 7) is 0.353. The molecule has 0 amide bonds. The second-order valence-electron chi connectivity index (χ2n) is 8.80. The third-order valence-electron chi connectivity index (χ3n) is 6.76. The number of hydrogen-bond acceptors (Lipinski definition) is 6. The molecule has 0 fully saturated rings. The normalized spacial score (nSPS) is 13.3. The van der Waals surface area contributed by atoms with E-state index in [0.29, 0.717) is 33.4 Å². The van der Waals surface area contributed by atoms with Crippen LogP contribution in [0, 0.1) is 0 Å². The molecule has 0 N–H and O–H groups in total. The molecule has 2 aliphatic rings. The molecule has 7 rings (SSSR count). The van der Waals surface area contributed by atoms with E-state index in [1.54, 1.807) is 0 Å². The van der Waals surface area contributed by atoms with E-state index in [4.69, 9.17) is 18.9 Å². The van der Waals surface area contributed by atoms with Gasteiger partial charge < -0.3 is 18.9 Å². The zero-order valence-electron chi connectivity index (χ0n) is 18.9. The van der Waals surface area contributed by atoms with Gasteiger partial charge in [0, 0.05) is 11.1 Å². The number of aldehydes is 2. The monoisotopic (exact) mass is 474 g/mol. The second kappa shape index (κ2) is 7.85. The Hall–Kier alpha value is -4.84.